The summed E-state index contributed by atoms with van der Waals surface area (Å²) < 4.78 is 46.0. The Bertz CT molecular complexity index is 930. The average molecular weight is 397 g/mol. The first-order chi connectivity index (χ1) is 12.8. The summed E-state index contributed by atoms with van der Waals surface area (Å²) in [4.78, 5) is 10.3. The molecule has 0 aliphatic rings. The molecule has 0 aliphatic carbocycles. The van der Waals surface area contributed by atoms with Gasteiger partial charge in [0.2, 0.25) is 5.75 Å². The summed E-state index contributed by atoms with van der Waals surface area (Å²) in [6.45, 7) is 0. The first kappa shape index (κ1) is 20.3. The summed E-state index contributed by atoms with van der Waals surface area (Å²) in [6.07, 6.45) is 0. The van der Waals surface area contributed by atoms with Crippen LogP contribution in [0, 0.1) is 10.1 Å². The van der Waals surface area contributed by atoms with E-state index in [9.17, 15) is 18.5 Å². The van der Waals surface area contributed by atoms with Crippen LogP contribution in [0.15, 0.2) is 35.2 Å². The normalized spacial score (nSPS) is 11.0. The molecule has 0 bridgehead atoms. The maximum absolute atomic E-state index is 12.8. The predicted molar refractivity (Wildman–Crippen MR) is 96.6 cm³/mol. The van der Waals surface area contributed by atoms with Crippen molar-refractivity contribution in [2.45, 2.75) is 10.6 Å². The maximum atomic E-state index is 12.8. The van der Waals surface area contributed by atoms with Gasteiger partial charge in [-0.2, -0.15) is 0 Å². The molecule has 10 heteroatoms. The number of sulfone groups is 1. The maximum Gasteiger partial charge on any atom is 0.312 e. The van der Waals surface area contributed by atoms with Crippen molar-refractivity contribution in [2.24, 2.45) is 0 Å². The summed E-state index contributed by atoms with van der Waals surface area (Å²) >= 11 is 0. The zero-order chi connectivity index (χ0) is 20.2. The van der Waals surface area contributed by atoms with Gasteiger partial charge >= 0.3 is 5.69 Å². The van der Waals surface area contributed by atoms with Gasteiger partial charge < -0.3 is 18.9 Å². The van der Waals surface area contributed by atoms with Crippen LogP contribution in [0.1, 0.15) is 5.56 Å². The third kappa shape index (κ3) is 4.22. The molecule has 0 saturated heterocycles. The van der Waals surface area contributed by atoms with Crippen molar-refractivity contribution in [3.8, 4) is 23.0 Å². The number of hydrogen-bond acceptors (Lipinski definition) is 8. The Balaban J connectivity index is 2.48. The van der Waals surface area contributed by atoms with Crippen LogP contribution < -0.4 is 18.9 Å². The summed E-state index contributed by atoms with van der Waals surface area (Å²) in [5.74, 6) is 0.520. The highest BCUT2D eigenvalue weighted by Gasteiger charge is 2.24. The second kappa shape index (κ2) is 8.12. The highest BCUT2D eigenvalue weighted by atomic mass is 32.2. The van der Waals surface area contributed by atoms with Crippen molar-refractivity contribution in [1.29, 1.82) is 0 Å². The van der Waals surface area contributed by atoms with Gasteiger partial charge in [-0.25, -0.2) is 8.42 Å². The summed E-state index contributed by atoms with van der Waals surface area (Å²) in [5.41, 5.74) is -0.0496. The molecule has 0 spiro atoms. The number of nitro benzene ring substituents is 1. The molecule has 9 nitrogen and oxygen atoms in total. The van der Waals surface area contributed by atoms with E-state index in [1.54, 1.807) is 0 Å². The van der Waals surface area contributed by atoms with Crippen molar-refractivity contribution in [1.82, 2.24) is 0 Å². The smallest absolute Gasteiger partial charge is 0.312 e. The Morgan fingerprint density at radius 3 is 1.89 bits per heavy atom. The number of nitro groups is 1. The Kier molecular flexibility index (Phi) is 6.11. The SMILES string of the molecule is COc1ccc(S(=O)(=O)Cc2cc(OC)c(OC)c(OC)c2)cc1[N+](=O)[O-]. The molecule has 0 aliphatic heterocycles. The fraction of sp³-hybridized carbons (Fsp3) is 0.294. The lowest BCUT2D eigenvalue weighted by Crippen LogP contribution is -2.07. The van der Waals surface area contributed by atoms with Crippen LogP contribution >= 0.6 is 0 Å². The minimum atomic E-state index is -3.88. The van der Waals surface area contributed by atoms with Gasteiger partial charge in [-0.1, -0.05) is 0 Å². The van der Waals surface area contributed by atoms with Crippen LogP contribution in [0.2, 0.25) is 0 Å². The third-order valence-electron chi connectivity index (χ3n) is 3.79. The lowest BCUT2D eigenvalue weighted by atomic mass is 10.2. The molecule has 0 radical (unpaired) electrons. The molecule has 0 aromatic heterocycles. The molecule has 0 unspecified atom stereocenters. The van der Waals surface area contributed by atoms with Crippen molar-refractivity contribution in [3.05, 3.63) is 46.0 Å². The number of rotatable bonds is 8. The van der Waals surface area contributed by atoms with E-state index in [-0.39, 0.29) is 10.6 Å². The number of ether oxygens (including phenoxy) is 4. The molecule has 2 aromatic carbocycles. The number of hydrogen-bond donors (Lipinski definition) is 0. The lowest BCUT2D eigenvalue weighted by Gasteiger charge is -2.14. The van der Waals surface area contributed by atoms with E-state index in [0.29, 0.717) is 22.8 Å². The first-order valence-electron chi connectivity index (χ1n) is 7.61. The fourth-order valence-electron chi connectivity index (χ4n) is 2.53. The van der Waals surface area contributed by atoms with Gasteiger partial charge in [-0.3, -0.25) is 10.1 Å². The second-order valence-electron chi connectivity index (χ2n) is 5.38. The van der Waals surface area contributed by atoms with Gasteiger partial charge in [-0.05, 0) is 29.8 Å². The molecule has 0 saturated carbocycles. The standard InChI is InChI=1S/C17H19NO8S/c1-23-14-6-5-12(9-13(14)18(19)20)27(21,22)10-11-7-15(24-2)17(26-4)16(8-11)25-3/h5-9H,10H2,1-4H3. The Morgan fingerprint density at radius 1 is 0.889 bits per heavy atom. The van der Waals surface area contributed by atoms with Crippen LogP contribution in [-0.4, -0.2) is 41.8 Å². The molecule has 146 valence electrons. The molecular formula is C17H19NO8S. The topological polar surface area (TPSA) is 114 Å². The molecule has 27 heavy (non-hydrogen) atoms. The minimum Gasteiger partial charge on any atom is -0.493 e. The molecule has 0 atom stereocenters. The molecule has 0 fully saturated rings. The van der Waals surface area contributed by atoms with E-state index >= 15 is 0 Å². The van der Waals surface area contributed by atoms with Gasteiger partial charge in [0.1, 0.15) is 0 Å². The fourth-order valence-corrected chi connectivity index (χ4v) is 3.87. The van der Waals surface area contributed by atoms with Gasteiger partial charge in [0, 0.05) is 6.07 Å². The molecule has 0 N–H and O–H groups in total. The van der Waals surface area contributed by atoms with Crippen LogP contribution in [0.3, 0.4) is 0 Å². The van der Waals surface area contributed by atoms with Gasteiger partial charge in [0.25, 0.3) is 0 Å². The molecule has 2 rings (SSSR count). The van der Waals surface area contributed by atoms with Crippen molar-refractivity contribution < 1.29 is 32.3 Å². The average Bonchev–Trinajstić information content (AvgIpc) is 2.65. The van der Waals surface area contributed by atoms with Gasteiger partial charge in [-0.15, -0.1) is 0 Å². The summed E-state index contributed by atoms with van der Waals surface area (Å²) in [7, 11) is 1.67. The largest absolute Gasteiger partial charge is 0.493 e. The molecular weight excluding hydrogens is 378 g/mol. The van der Waals surface area contributed by atoms with Crippen LogP contribution in [-0.2, 0) is 15.6 Å². The lowest BCUT2D eigenvalue weighted by molar-refractivity contribution is -0.386. The number of nitrogens with zero attached hydrogens (tertiary/aromatic N) is 1. The van der Waals surface area contributed by atoms with Crippen molar-refractivity contribution in [3.63, 3.8) is 0 Å². The van der Waals surface area contributed by atoms with Crippen LogP contribution in [0.25, 0.3) is 0 Å². The summed E-state index contributed by atoms with van der Waals surface area (Å²) in [6, 6.07) is 6.51. The van der Waals surface area contributed by atoms with Gasteiger partial charge in [0.05, 0.1) is 44.0 Å². The zero-order valence-corrected chi connectivity index (χ0v) is 16.0. The van der Waals surface area contributed by atoms with Crippen molar-refractivity contribution in [2.75, 3.05) is 28.4 Å². The summed E-state index contributed by atoms with van der Waals surface area (Å²) in [5, 5.41) is 11.1. The third-order valence-corrected chi connectivity index (χ3v) is 5.47. The quantitative estimate of drug-likeness (QED) is 0.493. The highest BCUT2D eigenvalue weighted by Crippen LogP contribution is 2.39. The van der Waals surface area contributed by atoms with E-state index < -0.39 is 26.2 Å². The number of benzene rings is 2. The predicted octanol–water partition coefficient (Wildman–Crippen LogP) is 2.60. The molecule has 2 aromatic rings. The van der Waals surface area contributed by atoms with Gasteiger partial charge in [0.15, 0.2) is 27.1 Å². The van der Waals surface area contributed by atoms with Crippen molar-refractivity contribution >= 4 is 15.5 Å². The highest BCUT2D eigenvalue weighted by molar-refractivity contribution is 7.90. The second-order valence-corrected chi connectivity index (χ2v) is 7.37. The van der Waals surface area contributed by atoms with E-state index in [2.05, 4.69) is 0 Å². The monoisotopic (exact) mass is 397 g/mol. The minimum absolute atomic E-state index is 0.0215. The Morgan fingerprint density at radius 2 is 1.44 bits per heavy atom. The Labute approximate surface area is 156 Å². The van der Waals surface area contributed by atoms with E-state index in [1.807, 2.05) is 0 Å². The van der Waals surface area contributed by atoms with E-state index in [1.165, 1.54) is 52.7 Å². The Hall–Kier alpha value is -3.01. The molecule has 0 amide bonds. The van der Waals surface area contributed by atoms with E-state index in [0.717, 1.165) is 6.07 Å². The van der Waals surface area contributed by atoms with Crippen LogP contribution in [0.4, 0.5) is 5.69 Å². The first-order valence-corrected chi connectivity index (χ1v) is 9.26. The van der Waals surface area contributed by atoms with Crippen LogP contribution in [0.5, 0.6) is 23.0 Å². The molecule has 0 heterocycles. The van der Waals surface area contributed by atoms with E-state index in [4.69, 9.17) is 18.9 Å². The number of methoxy groups -OCH3 is 4. The zero-order valence-electron chi connectivity index (χ0n) is 15.2.